The summed E-state index contributed by atoms with van der Waals surface area (Å²) in [6.45, 7) is 3.56. The van der Waals surface area contributed by atoms with Crippen LogP contribution in [-0.2, 0) is 0 Å². The molecule has 3 aromatic rings. The number of nitrogens with zero attached hydrogens (tertiary/aromatic N) is 3. The fraction of sp³-hybridized carbons (Fsp3) is 0.292. The summed E-state index contributed by atoms with van der Waals surface area (Å²) < 4.78 is 1.75. The van der Waals surface area contributed by atoms with Crippen molar-refractivity contribution in [2.45, 2.75) is 32.6 Å². The average molecular weight is 402 g/mol. The Bertz CT molecular complexity index is 1020. The normalized spacial score (nSPS) is 14.2. The molecule has 1 aromatic heterocycles. The van der Waals surface area contributed by atoms with Crippen LogP contribution in [0.5, 0.6) is 0 Å². The minimum atomic E-state index is -0.278. The van der Waals surface area contributed by atoms with Crippen molar-refractivity contribution in [3.63, 3.8) is 0 Å². The zero-order valence-electron chi connectivity index (χ0n) is 17.2. The van der Waals surface area contributed by atoms with Crippen molar-refractivity contribution in [3.05, 3.63) is 77.6 Å². The van der Waals surface area contributed by atoms with Crippen LogP contribution in [0.1, 0.15) is 52.2 Å². The quantitative estimate of drug-likeness (QED) is 0.701. The standard InChI is InChI=1S/C24H26N4O2/c1-18-17-22(26-28(18)21-9-5-4-6-10-21)23(29)25-20-13-11-19(12-14-20)24(30)27-15-7-2-3-8-16-27/h4-6,9-14,17H,2-3,7-8,15-16H2,1H3,(H,25,29). The fourth-order valence-corrected chi connectivity index (χ4v) is 3.76. The maximum absolute atomic E-state index is 12.7. The second-order valence-corrected chi connectivity index (χ2v) is 7.66. The van der Waals surface area contributed by atoms with Crippen molar-refractivity contribution in [1.29, 1.82) is 0 Å². The van der Waals surface area contributed by atoms with E-state index in [0.717, 1.165) is 37.3 Å². The number of amides is 2. The molecule has 0 saturated carbocycles. The summed E-state index contributed by atoms with van der Waals surface area (Å²) >= 11 is 0. The molecule has 4 rings (SSSR count). The van der Waals surface area contributed by atoms with Crippen molar-refractivity contribution in [1.82, 2.24) is 14.7 Å². The van der Waals surface area contributed by atoms with Crippen LogP contribution in [0, 0.1) is 6.92 Å². The summed E-state index contributed by atoms with van der Waals surface area (Å²) in [6, 6.07) is 18.6. The Balaban J connectivity index is 1.43. The molecule has 2 amide bonds. The molecule has 1 N–H and O–H groups in total. The molecule has 6 heteroatoms. The van der Waals surface area contributed by atoms with Gasteiger partial charge in [0.05, 0.1) is 5.69 Å². The van der Waals surface area contributed by atoms with Crippen LogP contribution in [0.25, 0.3) is 5.69 Å². The second-order valence-electron chi connectivity index (χ2n) is 7.66. The van der Waals surface area contributed by atoms with E-state index in [2.05, 4.69) is 10.4 Å². The van der Waals surface area contributed by atoms with Gasteiger partial charge in [-0.15, -0.1) is 0 Å². The van der Waals surface area contributed by atoms with Gasteiger partial charge in [-0.1, -0.05) is 31.0 Å². The number of nitrogens with one attached hydrogen (secondary N) is 1. The van der Waals surface area contributed by atoms with Crippen LogP contribution in [0.15, 0.2) is 60.7 Å². The van der Waals surface area contributed by atoms with Crippen molar-refractivity contribution < 1.29 is 9.59 Å². The van der Waals surface area contributed by atoms with Crippen LogP contribution >= 0.6 is 0 Å². The lowest BCUT2D eigenvalue weighted by Gasteiger charge is -2.20. The molecule has 0 spiro atoms. The Kier molecular flexibility index (Phi) is 5.93. The number of benzene rings is 2. The van der Waals surface area contributed by atoms with Crippen molar-refractivity contribution in [2.24, 2.45) is 0 Å². The van der Waals surface area contributed by atoms with E-state index in [1.807, 2.05) is 42.2 Å². The van der Waals surface area contributed by atoms with Crippen LogP contribution in [-0.4, -0.2) is 39.6 Å². The van der Waals surface area contributed by atoms with Gasteiger partial charge in [0.2, 0.25) is 0 Å². The molecule has 1 aliphatic rings. The zero-order valence-corrected chi connectivity index (χ0v) is 17.2. The van der Waals surface area contributed by atoms with E-state index in [1.54, 1.807) is 35.0 Å². The lowest BCUT2D eigenvalue weighted by molar-refractivity contribution is 0.0761. The van der Waals surface area contributed by atoms with Gasteiger partial charge in [0, 0.05) is 30.0 Å². The highest BCUT2D eigenvalue weighted by Crippen LogP contribution is 2.17. The van der Waals surface area contributed by atoms with Gasteiger partial charge in [-0.05, 0) is 62.2 Å². The largest absolute Gasteiger partial charge is 0.339 e. The highest BCUT2D eigenvalue weighted by Gasteiger charge is 2.18. The van der Waals surface area contributed by atoms with E-state index in [4.69, 9.17) is 0 Å². The van der Waals surface area contributed by atoms with Gasteiger partial charge < -0.3 is 10.2 Å². The van der Waals surface area contributed by atoms with Gasteiger partial charge in [-0.3, -0.25) is 9.59 Å². The van der Waals surface area contributed by atoms with E-state index in [9.17, 15) is 9.59 Å². The number of likely N-dealkylation sites (tertiary alicyclic amines) is 1. The number of para-hydroxylation sites is 1. The van der Waals surface area contributed by atoms with Crippen molar-refractivity contribution in [3.8, 4) is 5.69 Å². The number of carbonyl (C=O) groups excluding carboxylic acids is 2. The van der Waals surface area contributed by atoms with E-state index < -0.39 is 0 Å². The summed E-state index contributed by atoms with van der Waals surface area (Å²) in [4.78, 5) is 27.3. The molecule has 1 saturated heterocycles. The predicted molar refractivity (Wildman–Crippen MR) is 117 cm³/mol. The van der Waals surface area contributed by atoms with E-state index >= 15 is 0 Å². The molecule has 0 aliphatic carbocycles. The molecular formula is C24H26N4O2. The van der Waals surface area contributed by atoms with E-state index in [-0.39, 0.29) is 11.8 Å². The lowest BCUT2D eigenvalue weighted by Crippen LogP contribution is -2.31. The molecule has 154 valence electrons. The predicted octanol–water partition coefficient (Wildman–Crippen LogP) is 4.45. The molecule has 6 nitrogen and oxygen atoms in total. The molecular weight excluding hydrogens is 376 g/mol. The average Bonchev–Trinajstić information content (AvgIpc) is 2.98. The van der Waals surface area contributed by atoms with Gasteiger partial charge in [0.25, 0.3) is 11.8 Å². The number of aryl methyl sites for hydroxylation is 1. The number of rotatable bonds is 4. The highest BCUT2D eigenvalue weighted by atomic mass is 16.2. The Hall–Kier alpha value is -3.41. The van der Waals surface area contributed by atoms with Gasteiger partial charge in [0.15, 0.2) is 5.69 Å². The number of hydrogen-bond donors (Lipinski definition) is 1. The van der Waals surface area contributed by atoms with Crippen LogP contribution in [0.3, 0.4) is 0 Å². The summed E-state index contributed by atoms with van der Waals surface area (Å²) in [5, 5.41) is 7.30. The first-order valence-corrected chi connectivity index (χ1v) is 10.4. The first-order chi connectivity index (χ1) is 14.6. The summed E-state index contributed by atoms with van der Waals surface area (Å²) in [5.74, 6) is -0.216. The van der Waals surface area contributed by atoms with Crippen molar-refractivity contribution >= 4 is 17.5 Å². The minimum absolute atomic E-state index is 0.0620. The molecule has 30 heavy (non-hydrogen) atoms. The molecule has 2 aromatic carbocycles. The van der Waals surface area contributed by atoms with Gasteiger partial charge >= 0.3 is 0 Å². The van der Waals surface area contributed by atoms with Crippen LogP contribution in [0.4, 0.5) is 5.69 Å². The second kappa shape index (κ2) is 8.95. The van der Waals surface area contributed by atoms with Crippen molar-refractivity contribution in [2.75, 3.05) is 18.4 Å². The number of carbonyl (C=O) groups is 2. The first-order valence-electron chi connectivity index (χ1n) is 10.4. The highest BCUT2D eigenvalue weighted by molar-refractivity contribution is 6.03. The Labute approximate surface area is 176 Å². The number of anilines is 1. The molecule has 0 bridgehead atoms. The van der Waals surface area contributed by atoms with E-state index in [0.29, 0.717) is 16.9 Å². The van der Waals surface area contributed by atoms with E-state index in [1.165, 1.54) is 12.8 Å². The molecule has 0 radical (unpaired) electrons. The Morgan fingerprint density at radius 3 is 2.23 bits per heavy atom. The SMILES string of the molecule is Cc1cc(C(=O)Nc2ccc(C(=O)N3CCCCCC3)cc2)nn1-c1ccccc1. The van der Waals surface area contributed by atoms with Gasteiger partial charge in [-0.2, -0.15) is 5.10 Å². The molecule has 1 aliphatic heterocycles. The lowest BCUT2D eigenvalue weighted by atomic mass is 10.1. The first kappa shape index (κ1) is 19.9. The zero-order chi connectivity index (χ0) is 20.9. The number of aromatic nitrogens is 2. The fourth-order valence-electron chi connectivity index (χ4n) is 3.76. The van der Waals surface area contributed by atoms with Gasteiger partial charge in [0.1, 0.15) is 0 Å². The Morgan fingerprint density at radius 2 is 1.57 bits per heavy atom. The smallest absolute Gasteiger partial charge is 0.276 e. The summed E-state index contributed by atoms with van der Waals surface area (Å²) in [5.41, 5.74) is 3.43. The molecule has 2 heterocycles. The summed E-state index contributed by atoms with van der Waals surface area (Å²) in [7, 11) is 0. The minimum Gasteiger partial charge on any atom is -0.339 e. The maximum Gasteiger partial charge on any atom is 0.276 e. The maximum atomic E-state index is 12.7. The molecule has 1 fully saturated rings. The third-order valence-electron chi connectivity index (χ3n) is 5.40. The van der Waals surface area contributed by atoms with Crippen LogP contribution < -0.4 is 5.32 Å². The topological polar surface area (TPSA) is 67.2 Å². The Morgan fingerprint density at radius 1 is 0.900 bits per heavy atom. The number of hydrogen-bond acceptors (Lipinski definition) is 3. The molecule has 0 unspecified atom stereocenters. The summed E-state index contributed by atoms with van der Waals surface area (Å²) in [6.07, 6.45) is 4.51. The third-order valence-corrected chi connectivity index (χ3v) is 5.40. The van der Waals surface area contributed by atoms with Crippen LogP contribution in [0.2, 0.25) is 0 Å². The third kappa shape index (κ3) is 4.43. The van der Waals surface area contributed by atoms with Gasteiger partial charge in [-0.25, -0.2) is 4.68 Å². The molecule has 0 atom stereocenters. The monoisotopic (exact) mass is 402 g/mol.